The van der Waals surface area contributed by atoms with Crippen molar-refractivity contribution in [2.75, 3.05) is 6.54 Å². The van der Waals surface area contributed by atoms with Crippen LogP contribution in [0.4, 0.5) is 4.79 Å². The zero-order chi connectivity index (χ0) is 17.2. The number of urea groups is 1. The van der Waals surface area contributed by atoms with Crippen LogP contribution in [0, 0.1) is 0 Å². The summed E-state index contributed by atoms with van der Waals surface area (Å²) in [5.74, 6) is -1.68. The van der Waals surface area contributed by atoms with Gasteiger partial charge >= 0.3 is 12.0 Å². The van der Waals surface area contributed by atoms with Crippen LogP contribution < -0.4 is 5.32 Å². The minimum Gasteiger partial charge on any atom is -0.453 e. The van der Waals surface area contributed by atoms with E-state index >= 15 is 0 Å². The average molecular weight is 318 g/mol. The second-order valence-electron chi connectivity index (χ2n) is 5.81. The first-order valence-corrected chi connectivity index (χ1v) is 7.15. The zero-order valence-electron chi connectivity index (χ0n) is 13.2. The Kier molecular flexibility index (Phi) is 4.49. The van der Waals surface area contributed by atoms with Crippen molar-refractivity contribution in [1.29, 1.82) is 0 Å². The number of ether oxygens (including phenoxy) is 1. The van der Waals surface area contributed by atoms with Gasteiger partial charge in [-0.2, -0.15) is 0 Å². The first-order valence-electron chi connectivity index (χ1n) is 7.15. The summed E-state index contributed by atoms with van der Waals surface area (Å²) in [5.41, 5.74) is -0.632. The first kappa shape index (κ1) is 16.7. The van der Waals surface area contributed by atoms with E-state index in [9.17, 15) is 19.2 Å². The number of hydrogen-bond acceptors (Lipinski definition) is 5. The van der Waals surface area contributed by atoms with Gasteiger partial charge in [0.25, 0.3) is 5.91 Å². The second kappa shape index (κ2) is 6.20. The van der Waals surface area contributed by atoms with Crippen molar-refractivity contribution in [1.82, 2.24) is 10.2 Å². The summed E-state index contributed by atoms with van der Waals surface area (Å²) in [4.78, 5) is 48.5. The number of hydrogen-bond donors (Lipinski definition) is 1. The quantitative estimate of drug-likeness (QED) is 0.499. The molecule has 7 heteroatoms. The lowest BCUT2D eigenvalue weighted by atomic mass is 10.1. The summed E-state index contributed by atoms with van der Waals surface area (Å²) in [5, 5.41) is 2.46. The fraction of sp³-hybridized carbons (Fsp3) is 0.375. The number of esters is 1. The maximum absolute atomic E-state index is 12.1. The number of nitrogens with one attached hydrogen (secondary N) is 1. The monoisotopic (exact) mass is 318 g/mol. The van der Waals surface area contributed by atoms with Crippen molar-refractivity contribution < 1.29 is 23.9 Å². The standard InChI is InChI=1S/C16H18N2O5/c1-10(13(20)11-7-5-4-6-8-11)23-12(19)9-18-14(21)16(2,3)17-15(18)22/h4-8,10H,9H2,1-3H3,(H,17,22)/t10-/m0/s1. The molecule has 122 valence electrons. The molecule has 1 aliphatic heterocycles. The van der Waals surface area contributed by atoms with Crippen molar-refractivity contribution >= 4 is 23.7 Å². The Morgan fingerprint density at radius 3 is 2.35 bits per heavy atom. The van der Waals surface area contributed by atoms with Crippen LogP contribution in [0.25, 0.3) is 0 Å². The minimum atomic E-state index is -1.05. The van der Waals surface area contributed by atoms with E-state index in [1.807, 2.05) is 0 Å². The Morgan fingerprint density at radius 2 is 1.83 bits per heavy atom. The van der Waals surface area contributed by atoms with Crippen LogP contribution in [0.1, 0.15) is 31.1 Å². The molecule has 0 unspecified atom stereocenters. The van der Waals surface area contributed by atoms with E-state index in [2.05, 4.69) is 5.32 Å². The van der Waals surface area contributed by atoms with Gasteiger partial charge in [-0.3, -0.25) is 19.3 Å². The SMILES string of the molecule is C[C@H](OC(=O)CN1C(=O)NC(C)(C)C1=O)C(=O)c1ccccc1. The van der Waals surface area contributed by atoms with Crippen molar-refractivity contribution in [2.24, 2.45) is 0 Å². The summed E-state index contributed by atoms with van der Waals surface area (Å²) in [6.07, 6.45) is -1.00. The van der Waals surface area contributed by atoms with E-state index in [0.717, 1.165) is 4.90 Å². The van der Waals surface area contributed by atoms with Gasteiger partial charge < -0.3 is 10.1 Å². The third-order valence-electron chi connectivity index (χ3n) is 3.47. The summed E-state index contributed by atoms with van der Waals surface area (Å²) in [6.45, 7) is 4.00. The summed E-state index contributed by atoms with van der Waals surface area (Å²) in [6, 6.07) is 7.76. The molecule has 0 radical (unpaired) electrons. The number of amides is 3. The molecule has 1 N–H and O–H groups in total. The maximum Gasteiger partial charge on any atom is 0.326 e. The summed E-state index contributed by atoms with van der Waals surface area (Å²) < 4.78 is 5.03. The lowest BCUT2D eigenvalue weighted by Gasteiger charge is -2.17. The smallest absolute Gasteiger partial charge is 0.326 e. The predicted molar refractivity (Wildman–Crippen MR) is 80.7 cm³/mol. The minimum absolute atomic E-state index is 0.350. The third kappa shape index (κ3) is 3.56. The van der Waals surface area contributed by atoms with Crippen LogP contribution in [0.3, 0.4) is 0 Å². The highest BCUT2D eigenvalue weighted by atomic mass is 16.5. The van der Waals surface area contributed by atoms with Crippen LogP contribution >= 0.6 is 0 Å². The second-order valence-corrected chi connectivity index (χ2v) is 5.81. The van der Waals surface area contributed by atoms with Crippen molar-refractivity contribution in [3.63, 3.8) is 0 Å². The van der Waals surface area contributed by atoms with E-state index in [4.69, 9.17) is 4.74 Å². The highest BCUT2D eigenvalue weighted by Gasteiger charge is 2.45. The number of carbonyl (C=O) groups excluding carboxylic acids is 4. The molecule has 0 bridgehead atoms. The Labute approximate surface area is 133 Å². The molecule has 0 spiro atoms. The molecule has 1 atom stereocenters. The Morgan fingerprint density at radius 1 is 1.22 bits per heavy atom. The van der Waals surface area contributed by atoms with Gasteiger partial charge in [0, 0.05) is 5.56 Å². The van der Waals surface area contributed by atoms with Crippen molar-refractivity contribution in [3.8, 4) is 0 Å². The molecule has 3 amide bonds. The molecule has 1 heterocycles. The molecule has 23 heavy (non-hydrogen) atoms. The molecule has 1 aliphatic rings. The van der Waals surface area contributed by atoms with Crippen LogP contribution in [0.5, 0.6) is 0 Å². The lowest BCUT2D eigenvalue weighted by Crippen LogP contribution is -2.41. The van der Waals surface area contributed by atoms with Crippen LogP contribution in [0.2, 0.25) is 0 Å². The highest BCUT2D eigenvalue weighted by molar-refractivity contribution is 6.08. The van der Waals surface area contributed by atoms with E-state index in [1.165, 1.54) is 6.92 Å². The Bertz CT molecular complexity index is 654. The number of ketones is 1. The molecular weight excluding hydrogens is 300 g/mol. The van der Waals surface area contributed by atoms with Gasteiger partial charge in [-0.15, -0.1) is 0 Å². The molecule has 1 saturated heterocycles. The molecule has 0 saturated carbocycles. The van der Waals surface area contributed by atoms with Gasteiger partial charge in [-0.1, -0.05) is 30.3 Å². The number of benzene rings is 1. The van der Waals surface area contributed by atoms with Gasteiger partial charge in [-0.25, -0.2) is 4.79 Å². The fourth-order valence-electron chi connectivity index (χ4n) is 2.22. The first-order chi connectivity index (χ1) is 10.7. The Hall–Kier alpha value is -2.70. The summed E-state index contributed by atoms with van der Waals surface area (Å²) in [7, 11) is 0. The lowest BCUT2D eigenvalue weighted by molar-refractivity contribution is -0.149. The van der Waals surface area contributed by atoms with Gasteiger partial charge in [0.2, 0.25) is 5.78 Å². The number of Topliss-reactive ketones (excluding diaryl/α,β-unsaturated/α-hetero) is 1. The summed E-state index contributed by atoms with van der Waals surface area (Å²) >= 11 is 0. The Balaban J connectivity index is 1.96. The molecule has 1 fully saturated rings. The van der Waals surface area contributed by atoms with Gasteiger partial charge in [0.05, 0.1) is 0 Å². The topological polar surface area (TPSA) is 92.8 Å². The number of imide groups is 1. The number of rotatable bonds is 5. The molecule has 1 aromatic rings. The zero-order valence-corrected chi connectivity index (χ0v) is 13.2. The van der Waals surface area contributed by atoms with Crippen molar-refractivity contribution in [3.05, 3.63) is 35.9 Å². The largest absolute Gasteiger partial charge is 0.453 e. The highest BCUT2D eigenvalue weighted by Crippen LogP contribution is 2.16. The molecular formula is C16H18N2O5. The third-order valence-corrected chi connectivity index (χ3v) is 3.47. The average Bonchev–Trinajstić information content (AvgIpc) is 2.69. The molecule has 2 rings (SSSR count). The fourth-order valence-corrected chi connectivity index (χ4v) is 2.22. The van der Waals surface area contributed by atoms with Crippen molar-refractivity contribution in [2.45, 2.75) is 32.4 Å². The van der Waals surface area contributed by atoms with Gasteiger partial charge in [0.15, 0.2) is 6.10 Å². The van der Waals surface area contributed by atoms with Crippen LogP contribution in [0.15, 0.2) is 30.3 Å². The maximum atomic E-state index is 12.1. The number of carbonyl (C=O) groups is 4. The van der Waals surface area contributed by atoms with E-state index in [0.29, 0.717) is 5.56 Å². The normalized spacial score (nSPS) is 17.6. The molecule has 7 nitrogen and oxygen atoms in total. The van der Waals surface area contributed by atoms with Gasteiger partial charge in [0.1, 0.15) is 12.1 Å². The van der Waals surface area contributed by atoms with Crippen LogP contribution in [-0.4, -0.2) is 46.8 Å². The van der Waals surface area contributed by atoms with E-state index < -0.39 is 36.1 Å². The molecule has 0 aliphatic carbocycles. The van der Waals surface area contributed by atoms with Crippen LogP contribution in [-0.2, 0) is 14.3 Å². The van der Waals surface area contributed by atoms with Gasteiger partial charge in [-0.05, 0) is 20.8 Å². The number of nitrogens with zero attached hydrogens (tertiary/aromatic N) is 1. The van der Waals surface area contributed by atoms with E-state index in [-0.39, 0.29) is 5.78 Å². The van der Waals surface area contributed by atoms with E-state index in [1.54, 1.807) is 44.2 Å². The molecule has 0 aromatic heterocycles. The predicted octanol–water partition coefficient (Wildman–Crippen LogP) is 1.13. The molecule has 1 aromatic carbocycles.